The zero-order valence-electron chi connectivity index (χ0n) is 14.4. The minimum Gasteiger partial charge on any atom is -0.480 e. The Morgan fingerprint density at radius 1 is 0.909 bits per heavy atom. The molecule has 0 saturated carbocycles. The second kappa shape index (κ2) is 8.00. The first-order valence-electron chi connectivity index (χ1n) is 7.37. The van der Waals surface area contributed by atoms with Crippen molar-refractivity contribution in [2.75, 3.05) is 0 Å². The van der Waals surface area contributed by atoms with E-state index < -0.39 is 35.7 Å². The van der Waals surface area contributed by atoms with E-state index in [9.17, 15) is 14.4 Å². The maximum absolute atomic E-state index is 12.3. The van der Waals surface area contributed by atoms with Crippen LogP contribution in [0.2, 0.25) is 0 Å². The van der Waals surface area contributed by atoms with Crippen LogP contribution in [0.1, 0.15) is 48.5 Å². The zero-order chi connectivity index (χ0) is 17.7. The smallest absolute Gasteiger partial charge is 0.408 e. The number of hydrogen-bond donors (Lipinski definition) is 3. The Morgan fingerprint density at radius 2 is 1.36 bits per heavy atom. The molecule has 0 saturated heterocycles. The molecule has 128 valence electrons. The number of aliphatic carboxylic acids is 1. The molecule has 0 heterocycles. The van der Waals surface area contributed by atoms with Crippen LogP contribution in [0.15, 0.2) is 0 Å². The van der Waals surface area contributed by atoms with Crippen molar-refractivity contribution in [3.8, 4) is 0 Å². The van der Waals surface area contributed by atoms with Crippen LogP contribution in [0.4, 0.5) is 4.79 Å². The first kappa shape index (κ1) is 20.2. The molecule has 7 heteroatoms. The van der Waals surface area contributed by atoms with Crippen molar-refractivity contribution >= 4 is 18.0 Å². The summed E-state index contributed by atoms with van der Waals surface area (Å²) < 4.78 is 5.12. The van der Waals surface area contributed by atoms with Gasteiger partial charge in [0.2, 0.25) is 5.91 Å². The molecule has 0 aliphatic carbocycles. The van der Waals surface area contributed by atoms with Crippen LogP contribution in [-0.4, -0.2) is 40.8 Å². The van der Waals surface area contributed by atoms with Crippen molar-refractivity contribution in [1.29, 1.82) is 0 Å². The molecule has 0 bridgehead atoms. The Morgan fingerprint density at radius 3 is 1.68 bits per heavy atom. The van der Waals surface area contributed by atoms with Gasteiger partial charge >= 0.3 is 12.1 Å². The van der Waals surface area contributed by atoms with Crippen LogP contribution in [0.3, 0.4) is 0 Å². The number of hydrogen-bond acceptors (Lipinski definition) is 4. The quantitative estimate of drug-likeness (QED) is 0.692. The molecule has 0 aromatic heterocycles. The van der Waals surface area contributed by atoms with Gasteiger partial charge in [0.25, 0.3) is 0 Å². The largest absolute Gasteiger partial charge is 0.480 e. The van der Waals surface area contributed by atoms with Gasteiger partial charge in [-0.05, 0) is 32.6 Å². The Bertz CT molecular complexity index is 413. The van der Waals surface area contributed by atoms with Crippen molar-refractivity contribution in [1.82, 2.24) is 10.6 Å². The van der Waals surface area contributed by atoms with E-state index >= 15 is 0 Å². The van der Waals surface area contributed by atoms with Gasteiger partial charge in [0.15, 0.2) is 0 Å². The van der Waals surface area contributed by atoms with Gasteiger partial charge in [0.1, 0.15) is 17.7 Å². The maximum Gasteiger partial charge on any atom is 0.408 e. The summed E-state index contributed by atoms with van der Waals surface area (Å²) in [6.45, 7) is 12.1. The third-order valence-electron chi connectivity index (χ3n) is 2.85. The van der Waals surface area contributed by atoms with Crippen LogP contribution in [0.5, 0.6) is 0 Å². The predicted octanol–water partition coefficient (Wildman–Crippen LogP) is 1.76. The van der Waals surface area contributed by atoms with E-state index in [2.05, 4.69) is 10.6 Å². The average molecular weight is 316 g/mol. The number of carbonyl (C=O) groups is 3. The third kappa shape index (κ3) is 7.28. The van der Waals surface area contributed by atoms with Gasteiger partial charge in [-0.1, -0.05) is 27.7 Å². The summed E-state index contributed by atoms with van der Waals surface area (Å²) in [7, 11) is 0. The molecule has 0 aliphatic heterocycles. The lowest BCUT2D eigenvalue weighted by molar-refractivity contribution is -0.143. The van der Waals surface area contributed by atoms with Crippen molar-refractivity contribution in [2.24, 2.45) is 11.8 Å². The number of nitrogens with one attached hydrogen (secondary N) is 2. The molecular weight excluding hydrogens is 288 g/mol. The first-order valence-corrected chi connectivity index (χ1v) is 7.37. The number of alkyl carbamates (subject to hydrolysis) is 1. The predicted molar refractivity (Wildman–Crippen MR) is 82.4 cm³/mol. The number of carboxylic acid groups (broad SMARTS) is 1. The maximum atomic E-state index is 12.3. The summed E-state index contributed by atoms with van der Waals surface area (Å²) in [6.07, 6.45) is -0.710. The van der Waals surface area contributed by atoms with Crippen LogP contribution < -0.4 is 10.6 Å². The van der Waals surface area contributed by atoms with Crippen molar-refractivity contribution in [3.05, 3.63) is 0 Å². The molecule has 0 aliphatic rings. The highest BCUT2D eigenvalue weighted by Crippen LogP contribution is 2.10. The van der Waals surface area contributed by atoms with E-state index in [1.807, 2.05) is 0 Å². The van der Waals surface area contributed by atoms with Crippen molar-refractivity contribution < 1.29 is 24.2 Å². The molecule has 22 heavy (non-hydrogen) atoms. The lowest BCUT2D eigenvalue weighted by atomic mass is 10.0. The Balaban J connectivity index is 4.92. The number of carboxylic acids is 1. The highest BCUT2D eigenvalue weighted by Gasteiger charge is 2.31. The van der Waals surface area contributed by atoms with E-state index in [-0.39, 0.29) is 11.8 Å². The lowest BCUT2D eigenvalue weighted by Crippen LogP contribution is -2.55. The summed E-state index contributed by atoms with van der Waals surface area (Å²) in [5.74, 6) is -2.13. The van der Waals surface area contributed by atoms with E-state index in [0.717, 1.165) is 0 Å². The SMILES string of the molecule is CC(C)[C@H](NC(=O)[C@H](NC(=O)OC(C)(C)C)C(C)C)C(=O)O. The molecule has 2 amide bonds. The minimum atomic E-state index is -1.11. The van der Waals surface area contributed by atoms with Gasteiger partial charge in [-0.15, -0.1) is 0 Å². The molecule has 0 spiro atoms. The normalized spacial score (nSPS) is 14.4. The van der Waals surface area contributed by atoms with E-state index in [4.69, 9.17) is 9.84 Å². The molecule has 0 aromatic rings. The minimum absolute atomic E-state index is 0.214. The fourth-order valence-corrected chi connectivity index (χ4v) is 1.73. The molecule has 0 aromatic carbocycles. The van der Waals surface area contributed by atoms with E-state index in [1.54, 1.807) is 48.5 Å². The molecule has 0 rings (SSSR count). The van der Waals surface area contributed by atoms with E-state index in [1.165, 1.54) is 0 Å². The number of carbonyl (C=O) groups excluding carboxylic acids is 2. The first-order chi connectivity index (χ1) is 9.85. The molecule has 0 fully saturated rings. The summed E-state index contributed by atoms with van der Waals surface area (Å²) in [4.78, 5) is 35.2. The van der Waals surface area contributed by atoms with Gasteiger partial charge in [-0.2, -0.15) is 0 Å². The van der Waals surface area contributed by atoms with E-state index in [0.29, 0.717) is 0 Å². The highest BCUT2D eigenvalue weighted by molar-refractivity contribution is 5.89. The van der Waals surface area contributed by atoms with Gasteiger partial charge in [-0.25, -0.2) is 9.59 Å². The van der Waals surface area contributed by atoms with Gasteiger partial charge in [-0.3, -0.25) is 4.79 Å². The van der Waals surface area contributed by atoms with Gasteiger partial charge < -0.3 is 20.5 Å². The van der Waals surface area contributed by atoms with Gasteiger partial charge in [0, 0.05) is 0 Å². The fraction of sp³-hybridized carbons (Fsp3) is 0.800. The Kier molecular flexibility index (Phi) is 7.35. The van der Waals surface area contributed by atoms with Gasteiger partial charge in [0.05, 0.1) is 0 Å². The summed E-state index contributed by atoms with van der Waals surface area (Å²) in [5, 5.41) is 14.1. The monoisotopic (exact) mass is 316 g/mol. The van der Waals surface area contributed by atoms with Crippen molar-refractivity contribution in [3.63, 3.8) is 0 Å². The second-order valence-corrected chi connectivity index (χ2v) is 6.94. The van der Waals surface area contributed by atoms with Crippen LogP contribution in [0.25, 0.3) is 0 Å². The number of amides is 2. The molecular formula is C15H28N2O5. The Hall–Kier alpha value is -1.79. The fourth-order valence-electron chi connectivity index (χ4n) is 1.73. The topological polar surface area (TPSA) is 105 Å². The highest BCUT2D eigenvalue weighted by atomic mass is 16.6. The molecule has 0 radical (unpaired) electrons. The Labute approximate surface area is 131 Å². The standard InChI is InChI=1S/C15H28N2O5/c1-8(2)10(17-14(21)22-15(5,6)7)12(18)16-11(9(3)4)13(19)20/h8-11H,1-7H3,(H,16,18)(H,17,21)(H,19,20)/t10-,11+/m1/s1. The molecule has 7 nitrogen and oxygen atoms in total. The zero-order valence-corrected chi connectivity index (χ0v) is 14.4. The number of rotatable bonds is 6. The summed E-state index contributed by atoms with van der Waals surface area (Å²) in [5.41, 5.74) is -0.677. The summed E-state index contributed by atoms with van der Waals surface area (Å²) in [6, 6.07) is -1.87. The van der Waals surface area contributed by atoms with Crippen LogP contribution in [-0.2, 0) is 14.3 Å². The van der Waals surface area contributed by atoms with Crippen LogP contribution >= 0.6 is 0 Å². The second-order valence-electron chi connectivity index (χ2n) is 6.94. The summed E-state index contributed by atoms with van der Waals surface area (Å²) >= 11 is 0. The van der Waals surface area contributed by atoms with Crippen molar-refractivity contribution in [2.45, 2.75) is 66.2 Å². The molecule has 2 atom stereocenters. The molecule has 3 N–H and O–H groups in total. The third-order valence-corrected chi connectivity index (χ3v) is 2.85. The lowest BCUT2D eigenvalue weighted by Gasteiger charge is -2.27. The molecule has 0 unspecified atom stereocenters. The average Bonchev–Trinajstić information content (AvgIpc) is 2.29. The van der Waals surface area contributed by atoms with Crippen LogP contribution in [0, 0.1) is 11.8 Å². The number of ether oxygens (including phenoxy) is 1.